The second kappa shape index (κ2) is 37.7. The lowest BCUT2D eigenvalue weighted by Crippen LogP contribution is -2.29. The van der Waals surface area contributed by atoms with Gasteiger partial charge in [-0.2, -0.15) is 0 Å². The van der Waals surface area contributed by atoms with Gasteiger partial charge >= 0.3 is 19.8 Å². The Morgan fingerprint density at radius 2 is 1.26 bits per heavy atom. The normalized spacial score (nSPS) is 14.7. The van der Waals surface area contributed by atoms with Crippen LogP contribution in [0.15, 0.2) is 72.9 Å². The van der Waals surface area contributed by atoms with Crippen LogP contribution in [0.3, 0.4) is 0 Å². The summed E-state index contributed by atoms with van der Waals surface area (Å²) in [5.41, 5.74) is 5.33. The van der Waals surface area contributed by atoms with E-state index in [1.165, 1.54) is 51.4 Å². The van der Waals surface area contributed by atoms with Gasteiger partial charge < -0.3 is 25.2 Å². The van der Waals surface area contributed by atoms with Gasteiger partial charge in [0.05, 0.1) is 19.3 Å². The number of hydrogen-bond acceptors (Lipinski definition) is 9. The second-order valence-electron chi connectivity index (χ2n) is 13.0. The first kappa shape index (κ1) is 50.4. The van der Waals surface area contributed by atoms with E-state index in [-0.39, 0.29) is 32.6 Å². The van der Waals surface area contributed by atoms with Gasteiger partial charge in [-0.25, -0.2) is 4.57 Å². The van der Waals surface area contributed by atoms with Crippen molar-refractivity contribution in [2.24, 2.45) is 5.73 Å². The minimum atomic E-state index is -4.40. The molecule has 0 aromatic heterocycles. The van der Waals surface area contributed by atoms with Gasteiger partial charge in [0.2, 0.25) is 0 Å². The molecule has 0 aromatic rings. The third-order valence-corrected chi connectivity index (χ3v) is 8.93. The third-order valence-electron chi connectivity index (χ3n) is 7.95. The van der Waals surface area contributed by atoms with Crippen LogP contribution in [0, 0.1) is 0 Å². The molecule has 0 aliphatic carbocycles. The van der Waals surface area contributed by atoms with Crippen LogP contribution < -0.4 is 5.73 Å². The largest absolute Gasteiger partial charge is 0.472 e. The lowest BCUT2D eigenvalue weighted by Gasteiger charge is -2.19. The number of carbonyl (C=O) groups is 2. The predicted molar refractivity (Wildman–Crippen MR) is 216 cm³/mol. The Hall–Kier alpha value is -2.59. The van der Waals surface area contributed by atoms with E-state index < -0.39 is 38.6 Å². The fraction of sp³-hybridized carbons (Fsp3) is 0.667. The Balaban J connectivity index is 4.36. The van der Waals surface area contributed by atoms with Crippen LogP contribution in [0.2, 0.25) is 0 Å². The van der Waals surface area contributed by atoms with E-state index >= 15 is 0 Å². The summed E-state index contributed by atoms with van der Waals surface area (Å²) in [6, 6.07) is 0. The van der Waals surface area contributed by atoms with Crippen molar-refractivity contribution in [2.45, 2.75) is 154 Å². The number of phosphoric ester groups is 1. The molecular weight excluding hydrogens is 693 g/mol. The van der Waals surface area contributed by atoms with Crippen molar-refractivity contribution in [3.8, 4) is 0 Å². The molecule has 0 fully saturated rings. The molecule has 4 N–H and O–H groups in total. The van der Waals surface area contributed by atoms with E-state index in [0.717, 1.165) is 44.9 Å². The van der Waals surface area contributed by atoms with Gasteiger partial charge in [-0.15, -0.1) is 0 Å². The van der Waals surface area contributed by atoms with E-state index in [2.05, 4.69) is 38.2 Å². The average Bonchev–Trinajstić information content (AvgIpc) is 3.14. The van der Waals surface area contributed by atoms with Gasteiger partial charge in [0.1, 0.15) is 6.61 Å². The summed E-state index contributed by atoms with van der Waals surface area (Å²) in [5.74, 6) is -0.953. The molecule has 0 aromatic carbocycles. The summed E-state index contributed by atoms with van der Waals surface area (Å²) < 4.78 is 32.6. The molecule has 11 heteroatoms. The van der Waals surface area contributed by atoms with Crippen LogP contribution >= 0.6 is 7.82 Å². The molecule has 304 valence electrons. The van der Waals surface area contributed by atoms with Crippen molar-refractivity contribution in [1.29, 1.82) is 0 Å². The molecule has 0 rings (SSSR count). The minimum absolute atomic E-state index is 0.0354. The van der Waals surface area contributed by atoms with Crippen molar-refractivity contribution >= 4 is 19.8 Å². The number of esters is 2. The highest BCUT2D eigenvalue weighted by Gasteiger charge is 2.25. The molecule has 0 amide bonds. The molecule has 0 spiro atoms. The number of aliphatic hydroxyl groups is 1. The maximum absolute atomic E-state index is 12.5. The minimum Gasteiger partial charge on any atom is -0.462 e. The Morgan fingerprint density at radius 1 is 0.679 bits per heavy atom. The van der Waals surface area contributed by atoms with E-state index in [9.17, 15) is 24.2 Å². The molecule has 0 saturated heterocycles. The number of hydrogen-bond donors (Lipinski definition) is 3. The molecule has 10 nitrogen and oxygen atoms in total. The number of ether oxygens (including phenoxy) is 2. The predicted octanol–water partition coefficient (Wildman–Crippen LogP) is 10.1. The van der Waals surface area contributed by atoms with Crippen molar-refractivity contribution < 1.29 is 42.7 Å². The monoisotopic (exact) mass is 765 g/mol. The number of allylic oxidation sites excluding steroid dienone is 10. The quantitative estimate of drug-likeness (QED) is 0.0185. The van der Waals surface area contributed by atoms with Crippen LogP contribution in [0.4, 0.5) is 0 Å². The number of phosphoric acid groups is 1. The van der Waals surface area contributed by atoms with Crippen LogP contribution in [0.5, 0.6) is 0 Å². The SMILES string of the molecule is CC/C=C\CC(O)/C=C/C=C/C/C=C\C/C=C\C/C=C\CCC(=O)OC[C@H](COP(=O)(O)OCCN)OC(=O)CCCCCCCCCCCCCC. The fourth-order valence-corrected chi connectivity index (χ4v) is 5.74. The van der Waals surface area contributed by atoms with Crippen LogP contribution in [0.25, 0.3) is 0 Å². The maximum atomic E-state index is 12.5. The lowest BCUT2D eigenvalue weighted by atomic mass is 10.0. The van der Waals surface area contributed by atoms with Gasteiger partial charge in [0, 0.05) is 19.4 Å². The summed E-state index contributed by atoms with van der Waals surface area (Å²) in [4.78, 5) is 34.7. The average molecular weight is 766 g/mol. The molecule has 2 unspecified atom stereocenters. The number of carbonyl (C=O) groups excluding carboxylic acids is 2. The Morgan fingerprint density at radius 3 is 1.87 bits per heavy atom. The van der Waals surface area contributed by atoms with Gasteiger partial charge in [0.25, 0.3) is 0 Å². The first-order valence-corrected chi connectivity index (χ1v) is 21.5. The molecule has 0 radical (unpaired) electrons. The zero-order valence-electron chi connectivity index (χ0n) is 32.8. The fourth-order valence-electron chi connectivity index (χ4n) is 4.98. The molecule has 0 saturated carbocycles. The maximum Gasteiger partial charge on any atom is 0.472 e. The topological polar surface area (TPSA) is 155 Å². The van der Waals surface area contributed by atoms with Crippen molar-refractivity contribution in [1.82, 2.24) is 0 Å². The zero-order valence-corrected chi connectivity index (χ0v) is 33.7. The van der Waals surface area contributed by atoms with Crippen LogP contribution in [-0.4, -0.2) is 60.5 Å². The molecule has 0 bridgehead atoms. The lowest BCUT2D eigenvalue weighted by molar-refractivity contribution is -0.161. The molecule has 0 aliphatic heterocycles. The number of unbranched alkanes of at least 4 members (excludes halogenated alkanes) is 11. The standard InChI is InChI=1S/C42H72NO9P/c1-3-5-7-8-9-10-11-16-20-23-26-30-34-42(46)52-40(38-51-53(47,48)50-36-35-43)37-49-41(45)33-29-25-22-19-17-14-12-13-15-18-21-24-28-32-39(44)31-27-6-4-2/h6,13-15,17,21-22,24-25,27-28,32,39-40,44H,3-5,7-12,16,18-20,23,26,29-31,33-38,43H2,1-2H3,(H,47,48)/b15-13-,17-14-,24-21+,25-22-,27-6-,32-28+/t39?,40-/m1/s1. The molecule has 3 atom stereocenters. The van der Waals surface area contributed by atoms with E-state index in [0.29, 0.717) is 19.3 Å². The first-order chi connectivity index (χ1) is 25.7. The first-order valence-electron chi connectivity index (χ1n) is 20.0. The zero-order chi connectivity index (χ0) is 39.1. The highest BCUT2D eigenvalue weighted by atomic mass is 31.2. The third kappa shape index (κ3) is 37.5. The second-order valence-corrected chi connectivity index (χ2v) is 14.4. The van der Waals surface area contributed by atoms with E-state index in [1.807, 2.05) is 42.5 Å². The summed E-state index contributed by atoms with van der Waals surface area (Å²) in [7, 11) is -4.40. The molecule has 53 heavy (non-hydrogen) atoms. The van der Waals surface area contributed by atoms with Crippen molar-refractivity contribution in [2.75, 3.05) is 26.4 Å². The van der Waals surface area contributed by atoms with Gasteiger partial charge in [-0.05, 0) is 44.9 Å². The summed E-state index contributed by atoms with van der Waals surface area (Å²) in [5, 5.41) is 9.82. The molecule has 0 heterocycles. The Bertz CT molecular complexity index is 1120. The summed E-state index contributed by atoms with van der Waals surface area (Å²) in [6.45, 7) is 3.40. The number of aliphatic hydroxyl groups excluding tert-OH is 1. The Labute approximate surface area is 321 Å². The smallest absolute Gasteiger partial charge is 0.462 e. The Kier molecular flexibility index (Phi) is 35.9. The highest BCUT2D eigenvalue weighted by molar-refractivity contribution is 7.47. The van der Waals surface area contributed by atoms with Gasteiger partial charge in [0.15, 0.2) is 6.10 Å². The summed E-state index contributed by atoms with van der Waals surface area (Å²) in [6.07, 6.45) is 41.3. The number of rotatable bonds is 36. The van der Waals surface area contributed by atoms with E-state index in [1.54, 1.807) is 6.08 Å². The van der Waals surface area contributed by atoms with E-state index in [4.69, 9.17) is 24.3 Å². The molecular formula is C42H72NO9P. The van der Waals surface area contributed by atoms with Crippen molar-refractivity contribution in [3.63, 3.8) is 0 Å². The van der Waals surface area contributed by atoms with Gasteiger partial charge in [-0.1, -0.05) is 157 Å². The van der Waals surface area contributed by atoms with Gasteiger partial charge in [-0.3, -0.25) is 18.6 Å². The highest BCUT2D eigenvalue weighted by Crippen LogP contribution is 2.43. The van der Waals surface area contributed by atoms with Crippen molar-refractivity contribution in [3.05, 3.63) is 72.9 Å². The number of nitrogens with two attached hydrogens (primary N) is 1. The summed E-state index contributed by atoms with van der Waals surface area (Å²) >= 11 is 0. The van der Waals surface area contributed by atoms with Crippen LogP contribution in [-0.2, 0) is 32.7 Å². The molecule has 0 aliphatic rings. The van der Waals surface area contributed by atoms with Crippen LogP contribution in [0.1, 0.15) is 142 Å².